The number of anilines is 4. The fourth-order valence-electron chi connectivity index (χ4n) is 4.75. The number of alkyl halides is 3. The molecule has 0 unspecified atom stereocenters. The lowest BCUT2D eigenvalue weighted by Gasteiger charge is -2.25. The van der Waals surface area contributed by atoms with Crippen molar-refractivity contribution in [3.05, 3.63) is 83.0 Å². The summed E-state index contributed by atoms with van der Waals surface area (Å²) in [6.45, 7) is 2.26. The first-order valence-corrected chi connectivity index (χ1v) is 16.2. The maximum absolute atomic E-state index is 12.9. The van der Waals surface area contributed by atoms with Gasteiger partial charge in [0.1, 0.15) is 0 Å². The molecular weight excluding hydrogens is 707 g/mol. The first-order valence-electron chi connectivity index (χ1n) is 15.9. The Morgan fingerprint density at radius 2 is 1.50 bits per heavy atom. The van der Waals surface area contributed by atoms with Crippen LogP contribution in [-0.2, 0) is 15.1 Å². The zero-order chi connectivity index (χ0) is 37.5. The maximum Gasteiger partial charge on any atom is 0.422 e. The predicted molar refractivity (Wildman–Crippen MR) is 186 cm³/mol. The molecule has 18 heteroatoms. The van der Waals surface area contributed by atoms with E-state index in [0.717, 1.165) is 18.4 Å². The summed E-state index contributed by atoms with van der Waals surface area (Å²) >= 11 is 6.03. The van der Waals surface area contributed by atoms with Crippen LogP contribution in [0, 0.1) is 5.41 Å². The van der Waals surface area contributed by atoms with Gasteiger partial charge in [0.05, 0.1) is 24.5 Å². The molecular formula is C34H35ClF3N9O5. The Bertz CT molecular complexity index is 1890. The van der Waals surface area contributed by atoms with Crippen LogP contribution in [-0.4, -0.2) is 70.6 Å². The van der Waals surface area contributed by atoms with E-state index >= 15 is 0 Å². The number of pyridine rings is 1. The quantitative estimate of drug-likeness (QED) is 0.107. The molecule has 2 heterocycles. The molecule has 1 aliphatic carbocycles. The van der Waals surface area contributed by atoms with Crippen molar-refractivity contribution >= 4 is 52.6 Å². The molecule has 274 valence electrons. The lowest BCUT2D eigenvalue weighted by Crippen LogP contribution is -2.44. The molecule has 2 aromatic heterocycles. The third-order valence-electron chi connectivity index (χ3n) is 7.75. The van der Waals surface area contributed by atoms with Crippen molar-refractivity contribution in [1.82, 2.24) is 30.6 Å². The average Bonchev–Trinajstić information content (AvgIpc) is 3.89. The molecule has 0 aliphatic heterocycles. The SMILES string of the molecule is COc1ccc(NC(=O)C(=O)NCC(C)(C)CNC(=O)c2ccc(Nc3nc(NC4(c5ccc(Cl)cc5)CC4)nc(OCC(F)(F)F)n3)cc2)cn1. The summed E-state index contributed by atoms with van der Waals surface area (Å²) in [5.41, 5.74) is 0.824. The number of carbonyl (C=O) groups is 3. The molecule has 3 amide bonds. The first kappa shape index (κ1) is 37.5. The molecule has 0 spiro atoms. The predicted octanol–water partition coefficient (Wildman–Crippen LogP) is 5.23. The minimum absolute atomic E-state index is 0.00657. The number of methoxy groups -OCH3 is 1. The van der Waals surface area contributed by atoms with Crippen molar-refractivity contribution in [2.24, 2.45) is 5.41 Å². The summed E-state index contributed by atoms with van der Waals surface area (Å²) in [5.74, 6) is -1.86. The molecule has 0 saturated heterocycles. The van der Waals surface area contributed by atoms with E-state index in [1.165, 1.54) is 31.5 Å². The van der Waals surface area contributed by atoms with Crippen molar-refractivity contribution in [3.63, 3.8) is 0 Å². The zero-order valence-electron chi connectivity index (χ0n) is 28.2. The number of hydrogen-bond acceptors (Lipinski definition) is 11. The van der Waals surface area contributed by atoms with Crippen LogP contribution in [0.4, 0.5) is 36.4 Å². The second-order valence-electron chi connectivity index (χ2n) is 12.7. The van der Waals surface area contributed by atoms with Crippen molar-refractivity contribution in [2.75, 3.05) is 42.8 Å². The largest absolute Gasteiger partial charge is 0.481 e. The number of ether oxygens (including phenoxy) is 2. The van der Waals surface area contributed by atoms with Gasteiger partial charge in [-0.2, -0.15) is 28.1 Å². The molecule has 0 atom stereocenters. The molecule has 5 rings (SSSR count). The Kier molecular flexibility index (Phi) is 11.3. The Balaban J connectivity index is 1.16. The van der Waals surface area contributed by atoms with Crippen molar-refractivity contribution in [1.29, 1.82) is 0 Å². The smallest absolute Gasteiger partial charge is 0.422 e. The van der Waals surface area contributed by atoms with Crippen molar-refractivity contribution in [3.8, 4) is 11.9 Å². The van der Waals surface area contributed by atoms with Gasteiger partial charge in [-0.1, -0.05) is 37.6 Å². The van der Waals surface area contributed by atoms with E-state index in [0.29, 0.717) is 27.8 Å². The molecule has 2 aromatic carbocycles. The molecule has 5 N–H and O–H groups in total. The van der Waals surface area contributed by atoms with Gasteiger partial charge in [-0.3, -0.25) is 14.4 Å². The van der Waals surface area contributed by atoms with E-state index in [1.54, 1.807) is 44.2 Å². The molecule has 1 fully saturated rings. The van der Waals surface area contributed by atoms with Crippen LogP contribution in [0.5, 0.6) is 11.9 Å². The van der Waals surface area contributed by atoms with E-state index in [9.17, 15) is 27.6 Å². The fourth-order valence-corrected chi connectivity index (χ4v) is 4.88. The van der Waals surface area contributed by atoms with Gasteiger partial charge in [-0.05, 0) is 66.3 Å². The van der Waals surface area contributed by atoms with Crippen LogP contribution >= 0.6 is 11.6 Å². The third kappa shape index (κ3) is 10.6. The summed E-state index contributed by atoms with van der Waals surface area (Å²) in [6, 6.07) is 15.9. The highest BCUT2D eigenvalue weighted by Crippen LogP contribution is 2.48. The highest BCUT2D eigenvalue weighted by molar-refractivity contribution is 6.39. The Hall–Kier alpha value is -5.71. The number of nitrogens with one attached hydrogen (secondary N) is 5. The normalized spacial score (nSPS) is 13.4. The van der Waals surface area contributed by atoms with E-state index in [1.807, 2.05) is 12.1 Å². The number of nitrogens with zero attached hydrogens (tertiary/aromatic N) is 4. The van der Waals surface area contributed by atoms with Crippen LogP contribution in [0.25, 0.3) is 0 Å². The summed E-state index contributed by atoms with van der Waals surface area (Å²) < 4.78 is 48.6. The number of aromatic nitrogens is 4. The van der Waals surface area contributed by atoms with Gasteiger partial charge in [0, 0.05) is 35.4 Å². The third-order valence-corrected chi connectivity index (χ3v) is 8.00. The topological polar surface area (TPSA) is 181 Å². The number of carbonyl (C=O) groups excluding carboxylic acids is 3. The second-order valence-corrected chi connectivity index (χ2v) is 13.1. The van der Waals surface area contributed by atoms with Crippen molar-refractivity contribution < 1.29 is 37.0 Å². The number of rotatable bonds is 14. The molecule has 1 aliphatic rings. The Morgan fingerprint density at radius 3 is 2.12 bits per heavy atom. The molecule has 0 bridgehead atoms. The van der Waals surface area contributed by atoms with E-state index in [-0.39, 0.29) is 25.0 Å². The lowest BCUT2D eigenvalue weighted by atomic mass is 9.93. The highest BCUT2D eigenvalue weighted by atomic mass is 35.5. The minimum atomic E-state index is -4.61. The number of benzene rings is 2. The number of halogens is 4. The van der Waals surface area contributed by atoms with E-state index in [2.05, 4.69) is 46.5 Å². The van der Waals surface area contributed by atoms with Gasteiger partial charge in [0.2, 0.25) is 17.8 Å². The van der Waals surface area contributed by atoms with Crippen LogP contribution in [0.3, 0.4) is 0 Å². The van der Waals surface area contributed by atoms with Gasteiger partial charge in [0.15, 0.2) is 6.61 Å². The van der Waals surface area contributed by atoms with E-state index in [4.69, 9.17) is 21.1 Å². The molecule has 52 heavy (non-hydrogen) atoms. The van der Waals surface area contributed by atoms with Gasteiger partial charge in [-0.15, -0.1) is 0 Å². The first-order chi connectivity index (χ1) is 24.6. The number of amides is 3. The van der Waals surface area contributed by atoms with Crippen LogP contribution < -0.4 is 36.1 Å². The van der Waals surface area contributed by atoms with Crippen LogP contribution in [0.15, 0.2) is 66.9 Å². The average molecular weight is 742 g/mol. The standard InChI is InChI=1S/C34H35ClF3N9O5/c1-32(2,18-41-27(49)28(50)42-24-12-13-25(51-3)39-16-24)17-40-26(48)20-4-10-23(11-5-20)43-29-44-30(46-31(45-29)52-19-34(36,37)38)47-33(14-15-33)21-6-8-22(35)9-7-21/h4-13,16H,14-15,17-19H2,1-3H3,(H,40,48)(H,41,49)(H,42,50)(H2,43,44,45,46,47). The van der Waals surface area contributed by atoms with E-state index < -0.39 is 47.5 Å². The van der Waals surface area contributed by atoms with Crippen molar-refractivity contribution in [2.45, 2.75) is 38.4 Å². The lowest BCUT2D eigenvalue weighted by molar-refractivity contribution is -0.154. The van der Waals surface area contributed by atoms with Crippen LogP contribution in [0.2, 0.25) is 5.02 Å². The minimum Gasteiger partial charge on any atom is -0.481 e. The summed E-state index contributed by atoms with van der Waals surface area (Å²) in [5, 5.41) is 14.5. The summed E-state index contributed by atoms with van der Waals surface area (Å²) in [7, 11) is 1.45. The molecule has 0 radical (unpaired) electrons. The van der Waals surface area contributed by atoms with Gasteiger partial charge < -0.3 is 36.1 Å². The fraction of sp³-hybridized carbons (Fsp3) is 0.324. The summed E-state index contributed by atoms with van der Waals surface area (Å²) in [6.07, 6.45) is -1.79. The monoisotopic (exact) mass is 741 g/mol. The van der Waals surface area contributed by atoms with Crippen LogP contribution in [0.1, 0.15) is 42.6 Å². The molecule has 14 nitrogen and oxygen atoms in total. The maximum atomic E-state index is 12.9. The summed E-state index contributed by atoms with van der Waals surface area (Å²) in [4.78, 5) is 53.9. The molecule has 1 saturated carbocycles. The van der Waals surface area contributed by atoms with Gasteiger partial charge in [-0.25, -0.2) is 4.98 Å². The Labute approximate surface area is 301 Å². The highest BCUT2D eigenvalue weighted by Gasteiger charge is 2.45. The van der Waals surface area contributed by atoms with Gasteiger partial charge in [0.25, 0.3) is 5.91 Å². The van der Waals surface area contributed by atoms with Gasteiger partial charge >= 0.3 is 24.0 Å². The molecule has 4 aromatic rings. The number of hydrogen-bond donors (Lipinski definition) is 5. The second kappa shape index (κ2) is 15.7. The zero-order valence-corrected chi connectivity index (χ0v) is 29.0. The Morgan fingerprint density at radius 1 is 0.846 bits per heavy atom.